The molecule has 158 valence electrons. The number of hydrogen-bond donors (Lipinski definition) is 2. The second kappa shape index (κ2) is 7.69. The number of aromatic nitrogens is 4. The van der Waals surface area contributed by atoms with Gasteiger partial charge in [0.2, 0.25) is 0 Å². The van der Waals surface area contributed by atoms with Gasteiger partial charge in [-0.25, -0.2) is 15.0 Å². The molecule has 2 N–H and O–H groups in total. The van der Waals surface area contributed by atoms with E-state index in [2.05, 4.69) is 15.3 Å². The van der Waals surface area contributed by atoms with Crippen molar-refractivity contribution in [2.75, 3.05) is 18.2 Å². The van der Waals surface area contributed by atoms with Crippen LogP contribution in [-0.4, -0.2) is 61.9 Å². The third-order valence-corrected chi connectivity index (χ3v) is 7.14. The van der Waals surface area contributed by atoms with Gasteiger partial charge in [0.1, 0.15) is 22.4 Å². The van der Waals surface area contributed by atoms with Gasteiger partial charge in [0.15, 0.2) is 10.9 Å². The minimum atomic E-state index is -0.665. The molecule has 8 nitrogen and oxygen atoms in total. The van der Waals surface area contributed by atoms with Crippen LogP contribution in [0.3, 0.4) is 0 Å². The van der Waals surface area contributed by atoms with Crippen LogP contribution in [0.5, 0.6) is 0 Å². The smallest absolute Gasteiger partial charge is 0.189 e. The maximum atomic E-state index is 9.86. The lowest BCUT2D eigenvalue weighted by Crippen LogP contribution is -2.34. The second-order valence-corrected chi connectivity index (χ2v) is 9.78. The third-order valence-electron chi connectivity index (χ3n) is 5.51. The lowest BCUT2D eigenvalue weighted by molar-refractivity contribution is -0.158. The average Bonchev–Trinajstić information content (AvgIpc) is 3.39. The summed E-state index contributed by atoms with van der Waals surface area (Å²) >= 11 is 3.08. The van der Waals surface area contributed by atoms with Gasteiger partial charge in [-0.1, -0.05) is 11.8 Å². The zero-order valence-electron chi connectivity index (χ0n) is 16.9. The van der Waals surface area contributed by atoms with Crippen LogP contribution in [0.1, 0.15) is 20.3 Å². The fourth-order valence-electron chi connectivity index (χ4n) is 4.21. The highest BCUT2D eigenvalue weighted by molar-refractivity contribution is 7.98. The molecule has 4 atom stereocenters. The van der Waals surface area contributed by atoms with Crippen LogP contribution in [-0.2, 0) is 9.47 Å². The summed E-state index contributed by atoms with van der Waals surface area (Å²) in [5.74, 6) is 0.0762. The van der Waals surface area contributed by atoms with Gasteiger partial charge in [0.05, 0.1) is 28.6 Å². The summed E-state index contributed by atoms with van der Waals surface area (Å²) in [7, 11) is 0. The van der Waals surface area contributed by atoms with Crippen LogP contribution in [0, 0.1) is 5.92 Å². The number of pyridine rings is 1. The molecule has 2 fully saturated rings. The average molecular weight is 446 g/mol. The Hall–Kier alpha value is -1.85. The monoisotopic (exact) mass is 445 g/mol. The number of thioether (sulfide) groups is 1. The molecular formula is C20H23N5O3S2. The summed E-state index contributed by atoms with van der Waals surface area (Å²) in [4.78, 5) is 18.1. The Morgan fingerprint density at radius 1 is 1.27 bits per heavy atom. The number of thiazole rings is 1. The van der Waals surface area contributed by atoms with Crippen molar-refractivity contribution < 1.29 is 14.6 Å². The van der Waals surface area contributed by atoms with E-state index in [1.807, 2.05) is 32.4 Å². The minimum absolute atomic E-state index is 0.0214. The van der Waals surface area contributed by atoms with Crippen molar-refractivity contribution in [1.82, 2.24) is 19.9 Å². The predicted molar refractivity (Wildman–Crippen MR) is 117 cm³/mol. The lowest BCUT2D eigenvalue weighted by atomic mass is 10.1. The van der Waals surface area contributed by atoms with E-state index in [0.29, 0.717) is 5.16 Å². The topological polar surface area (TPSA) is 102 Å². The van der Waals surface area contributed by atoms with E-state index in [4.69, 9.17) is 19.4 Å². The Morgan fingerprint density at radius 3 is 2.87 bits per heavy atom. The molecule has 0 amide bonds. The molecule has 0 bridgehead atoms. The molecule has 0 spiro atoms. The van der Waals surface area contributed by atoms with Gasteiger partial charge >= 0.3 is 0 Å². The van der Waals surface area contributed by atoms with Gasteiger partial charge in [-0.2, -0.15) is 0 Å². The van der Waals surface area contributed by atoms with Crippen molar-refractivity contribution >= 4 is 39.1 Å². The maximum absolute atomic E-state index is 9.86. The van der Waals surface area contributed by atoms with Crippen LogP contribution in [0.4, 0.5) is 5.82 Å². The third kappa shape index (κ3) is 3.56. The summed E-state index contributed by atoms with van der Waals surface area (Å²) in [6, 6.07) is 1.92. The van der Waals surface area contributed by atoms with Gasteiger partial charge in [0.25, 0.3) is 0 Å². The van der Waals surface area contributed by atoms with Crippen LogP contribution in [0.15, 0.2) is 29.8 Å². The molecule has 1 aliphatic heterocycles. The highest BCUT2D eigenvalue weighted by atomic mass is 32.2. The summed E-state index contributed by atoms with van der Waals surface area (Å²) in [6.45, 7) is 3.89. The number of aliphatic hydroxyl groups is 1. The van der Waals surface area contributed by atoms with Crippen molar-refractivity contribution in [1.29, 1.82) is 0 Å². The standard InChI is InChI=1S/C20H23N5O3S2/c1-20(2)27-15-10(9-26)6-12(16(15)28-20)23-17-11(7-22-19(25-17)29-3)18-24-13-8-21-5-4-14(13)30-18/h4-5,7-8,10,12,15-16,26H,6,9H2,1-3H3,(H,22,23,25). The molecule has 1 aliphatic carbocycles. The van der Waals surface area contributed by atoms with E-state index in [-0.39, 0.29) is 30.8 Å². The summed E-state index contributed by atoms with van der Waals surface area (Å²) in [5, 5.41) is 14.9. The van der Waals surface area contributed by atoms with E-state index in [9.17, 15) is 5.11 Å². The molecule has 0 aromatic carbocycles. The minimum Gasteiger partial charge on any atom is -0.396 e. The largest absolute Gasteiger partial charge is 0.396 e. The van der Waals surface area contributed by atoms with Gasteiger partial charge in [-0.15, -0.1) is 11.3 Å². The van der Waals surface area contributed by atoms with Crippen molar-refractivity contribution in [3.63, 3.8) is 0 Å². The molecule has 1 saturated carbocycles. The number of fused-ring (bicyclic) bond motifs is 2. The highest BCUT2D eigenvalue weighted by Crippen LogP contribution is 2.43. The number of aliphatic hydroxyl groups excluding tert-OH is 1. The number of anilines is 1. The number of rotatable bonds is 5. The first kappa shape index (κ1) is 20.1. The first-order valence-corrected chi connectivity index (χ1v) is 11.9. The second-order valence-electron chi connectivity index (χ2n) is 7.98. The van der Waals surface area contributed by atoms with E-state index in [1.54, 1.807) is 23.7 Å². The van der Waals surface area contributed by atoms with E-state index >= 15 is 0 Å². The first-order valence-electron chi connectivity index (χ1n) is 9.82. The fourth-order valence-corrected chi connectivity index (χ4v) is 5.49. The summed E-state index contributed by atoms with van der Waals surface area (Å²) in [5.41, 5.74) is 1.70. The van der Waals surface area contributed by atoms with Crippen molar-refractivity contribution in [3.8, 4) is 10.6 Å². The summed E-state index contributed by atoms with van der Waals surface area (Å²) < 4.78 is 13.3. The van der Waals surface area contributed by atoms with Gasteiger partial charge < -0.3 is 19.9 Å². The molecule has 30 heavy (non-hydrogen) atoms. The molecule has 0 radical (unpaired) electrons. The van der Waals surface area contributed by atoms with E-state index in [1.165, 1.54) is 11.8 Å². The van der Waals surface area contributed by atoms with Crippen LogP contribution in [0.2, 0.25) is 0 Å². The Morgan fingerprint density at radius 2 is 2.10 bits per heavy atom. The molecule has 10 heteroatoms. The highest BCUT2D eigenvalue weighted by Gasteiger charge is 2.53. The maximum Gasteiger partial charge on any atom is 0.189 e. The van der Waals surface area contributed by atoms with Crippen LogP contribution < -0.4 is 5.32 Å². The molecule has 3 aromatic rings. The zero-order chi connectivity index (χ0) is 20.9. The normalized spacial score (nSPS) is 27.5. The molecule has 5 rings (SSSR count). The summed E-state index contributed by atoms with van der Waals surface area (Å²) in [6.07, 6.45) is 7.75. The lowest BCUT2D eigenvalue weighted by Gasteiger charge is -2.24. The van der Waals surface area contributed by atoms with Gasteiger partial charge in [-0.3, -0.25) is 4.98 Å². The van der Waals surface area contributed by atoms with Crippen LogP contribution in [0.25, 0.3) is 20.8 Å². The number of nitrogens with zero attached hydrogens (tertiary/aromatic N) is 4. The Bertz CT molecular complexity index is 1040. The molecule has 4 heterocycles. The molecule has 3 aromatic heterocycles. The SMILES string of the molecule is CSc1ncc(-c2nc3cnccc3s2)c(NC2CC(CO)C3OC(C)(C)OC23)n1. The van der Waals surface area contributed by atoms with E-state index in [0.717, 1.165) is 33.0 Å². The zero-order valence-corrected chi connectivity index (χ0v) is 18.5. The number of hydrogen-bond acceptors (Lipinski definition) is 10. The predicted octanol–water partition coefficient (Wildman–Crippen LogP) is 3.18. The number of nitrogens with one attached hydrogen (secondary N) is 1. The van der Waals surface area contributed by atoms with Crippen LogP contribution >= 0.6 is 23.1 Å². The van der Waals surface area contributed by atoms with Crippen molar-refractivity contribution in [3.05, 3.63) is 24.7 Å². The quantitative estimate of drug-likeness (QED) is 0.453. The Labute approximate surface area is 182 Å². The van der Waals surface area contributed by atoms with Crippen molar-refractivity contribution in [2.45, 2.75) is 49.5 Å². The first-order chi connectivity index (χ1) is 14.5. The fraction of sp³-hybridized carbons (Fsp3) is 0.500. The van der Waals surface area contributed by atoms with Gasteiger partial charge in [0, 0.05) is 24.9 Å². The molecule has 1 saturated heterocycles. The number of ether oxygens (including phenoxy) is 2. The molecule has 4 unspecified atom stereocenters. The van der Waals surface area contributed by atoms with Crippen molar-refractivity contribution in [2.24, 2.45) is 5.92 Å². The molecule has 2 aliphatic rings. The Kier molecular flexibility index (Phi) is 5.14. The Balaban J connectivity index is 1.50. The molecular weight excluding hydrogens is 422 g/mol. The van der Waals surface area contributed by atoms with Gasteiger partial charge in [-0.05, 0) is 32.6 Å². The van der Waals surface area contributed by atoms with E-state index < -0.39 is 5.79 Å².